The van der Waals surface area contributed by atoms with Crippen LogP contribution in [0.2, 0.25) is 0 Å². The van der Waals surface area contributed by atoms with Crippen molar-refractivity contribution in [1.29, 1.82) is 0 Å². The minimum Gasteiger partial charge on any atom is -0.444 e. The average molecular weight is 268 g/mol. The first-order valence-electron chi connectivity index (χ1n) is 5.27. The van der Waals surface area contributed by atoms with E-state index in [-0.39, 0.29) is 17.4 Å². The number of amides is 1. The Bertz CT molecular complexity index is 317. The Balaban J connectivity index is 2.73. The summed E-state index contributed by atoms with van der Waals surface area (Å²) in [6.45, 7) is 4.32. The Kier molecular flexibility index (Phi) is 4.01. The predicted octanol–water partition coefficient (Wildman–Crippen LogP) is 2.06. The van der Waals surface area contributed by atoms with Gasteiger partial charge in [0.25, 0.3) is 5.92 Å². The van der Waals surface area contributed by atoms with Gasteiger partial charge in [-0.1, -0.05) is 0 Å². The number of hydrogen-bond donors (Lipinski definition) is 0. The van der Waals surface area contributed by atoms with Crippen LogP contribution >= 0.6 is 0 Å². The second-order valence-electron chi connectivity index (χ2n) is 5.11. The largest absolute Gasteiger partial charge is 0.460 e. The number of likely N-dealkylation sites (tertiary alicyclic amines) is 1. The summed E-state index contributed by atoms with van der Waals surface area (Å²) in [5.41, 5.74) is -0.732. The number of ether oxygens (including phenoxy) is 1. The second kappa shape index (κ2) is 4.80. The highest BCUT2D eigenvalue weighted by atomic mass is 32.1. The molecule has 0 aromatic carbocycles. The van der Waals surface area contributed by atoms with Crippen LogP contribution in [-0.4, -0.2) is 40.9 Å². The van der Waals surface area contributed by atoms with Crippen LogP contribution in [0.5, 0.6) is 0 Å². The molecule has 1 rings (SSSR count). The third-order valence-corrected chi connectivity index (χ3v) is 2.79. The van der Waals surface area contributed by atoms with Crippen molar-refractivity contribution in [3.8, 4) is 0 Å². The van der Waals surface area contributed by atoms with Gasteiger partial charge in [-0.2, -0.15) is 0 Å². The highest BCUT2D eigenvalue weighted by Crippen LogP contribution is 2.32. The molecule has 0 aromatic heterocycles. The smallest absolute Gasteiger partial charge is 0.444 e. The molecule has 4 nitrogen and oxygen atoms in total. The van der Waals surface area contributed by atoms with E-state index in [9.17, 15) is 17.8 Å². The summed E-state index contributed by atoms with van der Waals surface area (Å²) in [6, 6.07) is -0.748. The van der Waals surface area contributed by atoms with Crippen molar-refractivity contribution < 1.29 is 22.5 Å². The summed E-state index contributed by atoms with van der Waals surface area (Å²) in [6.07, 6.45) is -1.25. The van der Waals surface area contributed by atoms with Gasteiger partial charge in [-0.15, -0.1) is 0 Å². The van der Waals surface area contributed by atoms with Crippen LogP contribution in [0.4, 0.5) is 13.6 Å². The van der Waals surface area contributed by atoms with Gasteiger partial charge < -0.3 is 4.74 Å². The van der Waals surface area contributed by atoms with E-state index in [1.165, 1.54) is 0 Å². The van der Waals surface area contributed by atoms with Gasteiger partial charge in [0.05, 0.1) is 12.6 Å². The van der Waals surface area contributed by atoms with E-state index in [1.54, 1.807) is 20.8 Å². The van der Waals surface area contributed by atoms with E-state index in [1.807, 2.05) is 0 Å². The van der Waals surface area contributed by atoms with Crippen molar-refractivity contribution in [1.82, 2.24) is 4.90 Å². The lowest BCUT2D eigenvalue weighted by atomic mass is 10.2. The fraction of sp³-hybridized carbons (Fsp3) is 0.900. The van der Waals surface area contributed by atoms with Gasteiger partial charge >= 0.3 is 17.8 Å². The lowest BCUT2D eigenvalue weighted by Crippen LogP contribution is -2.41. The SMILES string of the molecule is CC(C)(C)OC(=O)N1CC(F)(F)CC1C[S+]=O. The number of carbonyl (C=O) groups is 1. The Morgan fingerprint density at radius 2 is 2.12 bits per heavy atom. The van der Waals surface area contributed by atoms with Crippen LogP contribution in [0.1, 0.15) is 27.2 Å². The van der Waals surface area contributed by atoms with Crippen LogP contribution in [0.3, 0.4) is 0 Å². The third kappa shape index (κ3) is 4.14. The molecular weight excluding hydrogens is 252 g/mol. The highest BCUT2D eigenvalue weighted by molar-refractivity contribution is 7.65. The molecule has 1 unspecified atom stereocenters. The van der Waals surface area contributed by atoms with Crippen LogP contribution in [0.15, 0.2) is 0 Å². The molecule has 0 bridgehead atoms. The fourth-order valence-electron chi connectivity index (χ4n) is 1.66. The minimum absolute atomic E-state index is 0.0468. The van der Waals surface area contributed by atoms with Gasteiger partial charge in [-0.3, -0.25) is 4.90 Å². The van der Waals surface area contributed by atoms with Gasteiger partial charge in [0.15, 0.2) is 0 Å². The van der Waals surface area contributed by atoms with Crippen molar-refractivity contribution >= 4 is 17.8 Å². The molecule has 1 saturated heterocycles. The van der Waals surface area contributed by atoms with Crippen molar-refractivity contribution in [3.05, 3.63) is 0 Å². The molecule has 1 aliphatic rings. The predicted molar refractivity (Wildman–Crippen MR) is 59.2 cm³/mol. The topological polar surface area (TPSA) is 46.6 Å². The first-order valence-corrected chi connectivity index (χ1v) is 6.18. The van der Waals surface area contributed by atoms with E-state index in [2.05, 4.69) is 0 Å². The number of halogens is 2. The van der Waals surface area contributed by atoms with E-state index in [4.69, 9.17) is 4.74 Å². The second-order valence-corrected chi connectivity index (χ2v) is 5.68. The Morgan fingerprint density at radius 1 is 1.53 bits per heavy atom. The summed E-state index contributed by atoms with van der Waals surface area (Å²) in [7, 11) is 0. The van der Waals surface area contributed by atoms with Crippen molar-refractivity contribution in [2.24, 2.45) is 0 Å². The van der Waals surface area contributed by atoms with Crippen molar-refractivity contribution in [2.45, 2.75) is 44.8 Å². The van der Waals surface area contributed by atoms with E-state index < -0.39 is 36.6 Å². The van der Waals surface area contributed by atoms with Crippen molar-refractivity contribution in [2.75, 3.05) is 12.3 Å². The third-order valence-electron chi connectivity index (χ3n) is 2.27. The van der Waals surface area contributed by atoms with E-state index >= 15 is 0 Å². The van der Waals surface area contributed by atoms with Gasteiger partial charge in [-0.05, 0) is 20.8 Å². The van der Waals surface area contributed by atoms with Crippen molar-refractivity contribution in [3.63, 3.8) is 0 Å². The molecule has 1 fully saturated rings. The summed E-state index contributed by atoms with van der Waals surface area (Å²) < 4.78 is 41.9. The van der Waals surface area contributed by atoms with Gasteiger partial charge in [0.2, 0.25) is 5.75 Å². The van der Waals surface area contributed by atoms with Crippen LogP contribution in [0, 0.1) is 0 Å². The molecule has 0 aliphatic carbocycles. The highest BCUT2D eigenvalue weighted by Gasteiger charge is 2.50. The fourth-order valence-corrected chi connectivity index (χ4v) is 2.11. The maximum atomic E-state index is 13.2. The number of nitrogens with zero attached hydrogens (tertiary/aromatic N) is 1. The molecule has 1 atom stereocenters. The monoisotopic (exact) mass is 268 g/mol. The zero-order chi connectivity index (χ0) is 13.3. The molecule has 1 aliphatic heterocycles. The average Bonchev–Trinajstić information content (AvgIpc) is 2.39. The number of rotatable bonds is 2. The lowest BCUT2D eigenvalue weighted by Gasteiger charge is -2.26. The van der Waals surface area contributed by atoms with Crippen LogP contribution in [0.25, 0.3) is 0 Å². The molecular formula is C10H16F2NO3S+. The number of hydrogen-bond acceptors (Lipinski definition) is 3. The summed E-state index contributed by atoms with van der Waals surface area (Å²) >= 11 is 0.206. The summed E-state index contributed by atoms with van der Waals surface area (Å²) in [5.74, 6) is -2.98. The van der Waals surface area contributed by atoms with E-state index in [0.717, 1.165) is 4.90 Å². The molecule has 0 N–H and O–H groups in total. The Labute approximate surface area is 103 Å². The van der Waals surface area contributed by atoms with Crippen LogP contribution in [-0.2, 0) is 20.6 Å². The molecule has 0 spiro atoms. The quantitative estimate of drug-likeness (QED) is 0.720. The number of alkyl halides is 2. The van der Waals surface area contributed by atoms with Gasteiger partial charge in [0, 0.05) is 10.6 Å². The number of carbonyl (C=O) groups excluding carboxylic acids is 1. The zero-order valence-corrected chi connectivity index (χ0v) is 10.9. The van der Waals surface area contributed by atoms with E-state index in [0.29, 0.717) is 0 Å². The maximum absolute atomic E-state index is 13.2. The first-order chi connectivity index (χ1) is 7.64. The first kappa shape index (κ1) is 14.2. The van der Waals surface area contributed by atoms with Gasteiger partial charge in [-0.25, -0.2) is 13.6 Å². The summed E-state index contributed by atoms with van der Waals surface area (Å²) in [4.78, 5) is 12.6. The molecule has 0 radical (unpaired) electrons. The summed E-state index contributed by atoms with van der Waals surface area (Å²) in [5, 5.41) is 0. The maximum Gasteiger partial charge on any atom is 0.460 e. The Morgan fingerprint density at radius 3 is 2.59 bits per heavy atom. The minimum atomic E-state index is -2.93. The molecule has 1 amide bonds. The standard InChI is InChI=1S/C10H16F2NO3S/c1-9(2,3)16-8(14)13-6-10(11,12)4-7(13)5-17-15/h7H,4-6H2,1-3H3/q+1. The molecule has 98 valence electrons. The van der Waals surface area contributed by atoms with Crippen LogP contribution < -0.4 is 0 Å². The molecule has 1 heterocycles. The molecule has 17 heavy (non-hydrogen) atoms. The Hall–Kier alpha value is -0.850. The van der Waals surface area contributed by atoms with Gasteiger partial charge in [0.1, 0.15) is 5.60 Å². The normalized spacial score (nSPS) is 23.6. The lowest BCUT2D eigenvalue weighted by molar-refractivity contribution is -0.00228. The molecule has 0 aromatic rings. The molecule has 7 heteroatoms. The zero-order valence-electron chi connectivity index (χ0n) is 10.0. The molecule has 0 saturated carbocycles.